The second-order valence-electron chi connectivity index (χ2n) is 10.3. The molecule has 0 aromatic heterocycles. The number of hydrogen-bond donors (Lipinski definition) is 3. The molecule has 0 unspecified atom stereocenters. The molecule has 3 amide bonds. The summed E-state index contributed by atoms with van der Waals surface area (Å²) < 4.78 is 38.4. The Hall–Kier alpha value is -4.01. The molecule has 2 aliphatic rings. The van der Waals surface area contributed by atoms with E-state index in [0.717, 1.165) is 63.0 Å². The van der Waals surface area contributed by atoms with Crippen molar-refractivity contribution in [1.29, 1.82) is 0 Å². The SMILES string of the molecule is O=C(Nc1ccc(C(F)(F)F)cc1)Nc1ccc(N2CCC(Cc3ccccc3)CC2)c(C(=O)NC2CC2)c1. The maximum Gasteiger partial charge on any atom is 0.416 e. The molecule has 3 N–H and O–H groups in total. The predicted octanol–water partition coefficient (Wildman–Crippen LogP) is 6.70. The van der Waals surface area contributed by atoms with E-state index >= 15 is 0 Å². The molecule has 0 spiro atoms. The first-order chi connectivity index (χ1) is 18.7. The molecule has 0 bridgehead atoms. The van der Waals surface area contributed by atoms with Gasteiger partial charge in [0.2, 0.25) is 0 Å². The van der Waals surface area contributed by atoms with Crippen molar-refractivity contribution in [2.24, 2.45) is 5.92 Å². The van der Waals surface area contributed by atoms with E-state index in [4.69, 9.17) is 0 Å². The largest absolute Gasteiger partial charge is 0.416 e. The van der Waals surface area contributed by atoms with Crippen LogP contribution in [0.1, 0.15) is 47.2 Å². The Labute approximate surface area is 225 Å². The van der Waals surface area contributed by atoms with Gasteiger partial charge in [-0.15, -0.1) is 0 Å². The average Bonchev–Trinajstić information content (AvgIpc) is 3.73. The molecule has 39 heavy (non-hydrogen) atoms. The minimum absolute atomic E-state index is 0.175. The maximum atomic E-state index is 13.1. The molecule has 1 saturated heterocycles. The monoisotopic (exact) mass is 536 g/mol. The Morgan fingerprint density at radius 3 is 2.10 bits per heavy atom. The van der Waals surface area contributed by atoms with Gasteiger partial charge in [0.05, 0.1) is 11.1 Å². The van der Waals surface area contributed by atoms with Crippen LogP contribution in [0.5, 0.6) is 0 Å². The molecule has 2 fully saturated rings. The van der Waals surface area contributed by atoms with Gasteiger partial charge in [-0.25, -0.2) is 4.79 Å². The van der Waals surface area contributed by atoms with Gasteiger partial charge in [-0.3, -0.25) is 4.79 Å². The van der Waals surface area contributed by atoms with Gasteiger partial charge in [-0.1, -0.05) is 30.3 Å². The summed E-state index contributed by atoms with van der Waals surface area (Å²) in [7, 11) is 0. The molecule has 204 valence electrons. The zero-order valence-corrected chi connectivity index (χ0v) is 21.4. The summed E-state index contributed by atoms with van der Waals surface area (Å²) in [5.74, 6) is 0.410. The summed E-state index contributed by atoms with van der Waals surface area (Å²) in [4.78, 5) is 27.9. The number of amides is 3. The van der Waals surface area contributed by atoms with Gasteiger partial charge in [-0.05, 0) is 86.1 Å². The molecule has 3 aromatic rings. The quantitative estimate of drug-likeness (QED) is 0.315. The van der Waals surface area contributed by atoms with Crippen molar-refractivity contribution >= 4 is 29.0 Å². The highest BCUT2D eigenvalue weighted by molar-refractivity contribution is 6.04. The lowest BCUT2D eigenvalue weighted by Gasteiger charge is -2.35. The number of nitrogens with one attached hydrogen (secondary N) is 3. The molecule has 0 radical (unpaired) electrons. The molecule has 1 saturated carbocycles. The van der Waals surface area contributed by atoms with Crippen LogP contribution >= 0.6 is 0 Å². The summed E-state index contributed by atoms with van der Waals surface area (Å²) in [6.07, 6.45) is 0.554. The first-order valence-corrected chi connectivity index (χ1v) is 13.2. The summed E-state index contributed by atoms with van der Waals surface area (Å²) in [6, 6.07) is 19.5. The topological polar surface area (TPSA) is 73.5 Å². The molecule has 1 heterocycles. The smallest absolute Gasteiger partial charge is 0.371 e. The van der Waals surface area contributed by atoms with Crippen LogP contribution < -0.4 is 20.9 Å². The number of alkyl halides is 3. The third-order valence-electron chi connectivity index (χ3n) is 7.20. The lowest BCUT2D eigenvalue weighted by Crippen LogP contribution is -2.36. The molecule has 1 aliphatic carbocycles. The highest BCUT2D eigenvalue weighted by Gasteiger charge is 2.30. The molecular weight excluding hydrogens is 505 g/mol. The van der Waals surface area contributed by atoms with Crippen molar-refractivity contribution in [2.75, 3.05) is 28.6 Å². The number of carbonyl (C=O) groups is 2. The van der Waals surface area contributed by atoms with E-state index in [1.807, 2.05) is 12.1 Å². The fourth-order valence-electron chi connectivity index (χ4n) is 4.92. The standard InChI is InChI=1S/C30H31F3N4O2/c31-30(32,33)22-6-8-24(9-7-22)35-29(39)36-25-12-13-27(26(19-25)28(38)34-23-10-11-23)37-16-14-21(15-17-37)18-20-4-2-1-3-5-20/h1-9,12-13,19,21,23H,10-11,14-18H2,(H,34,38)(H2,35,36,39). The van der Waals surface area contributed by atoms with Crippen molar-refractivity contribution in [1.82, 2.24) is 5.32 Å². The van der Waals surface area contributed by atoms with Gasteiger partial charge in [0, 0.05) is 36.2 Å². The van der Waals surface area contributed by atoms with Crippen molar-refractivity contribution in [3.8, 4) is 0 Å². The van der Waals surface area contributed by atoms with Crippen molar-refractivity contribution < 1.29 is 22.8 Å². The maximum absolute atomic E-state index is 13.1. The molecule has 3 aromatic carbocycles. The molecule has 1 aliphatic heterocycles. The van der Waals surface area contributed by atoms with E-state index in [1.54, 1.807) is 12.1 Å². The normalized spacial score (nSPS) is 16.0. The number of hydrogen-bond acceptors (Lipinski definition) is 3. The number of halogens is 3. The Balaban J connectivity index is 1.25. The second-order valence-corrected chi connectivity index (χ2v) is 10.3. The van der Waals surface area contributed by atoms with Crippen LogP contribution in [0, 0.1) is 5.92 Å². The first kappa shape index (κ1) is 26.6. The Kier molecular flexibility index (Phi) is 7.77. The minimum atomic E-state index is -4.45. The minimum Gasteiger partial charge on any atom is -0.371 e. The highest BCUT2D eigenvalue weighted by Crippen LogP contribution is 2.32. The number of rotatable bonds is 7. The number of urea groups is 1. The van der Waals surface area contributed by atoms with Crippen LogP contribution in [0.4, 0.5) is 35.0 Å². The van der Waals surface area contributed by atoms with Crippen LogP contribution in [0.3, 0.4) is 0 Å². The average molecular weight is 537 g/mol. The lowest BCUT2D eigenvalue weighted by atomic mass is 9.89. The fourth-order valence-corrected chi connectivity index (χ4v) is 4.92. The highest BCUT2D eigenvalue weighted by atomic mass is 19.4. The molecule has 5 rings (SSSR count). The van der Waals surface area contributed by atoms with Crippen molar-refractivity contribution in [3.05, 3.63) is 89.5 Å². The fraction of sp³-hybridized carbons (Fsp3) is 0.333. The van der Waals surface area contributed by atoms with Gasteiger partial charge in [0.15, 0.2) is 0 Å². The van der Waals surface area contributed by atoms with E-state index in [-0.39, 0.29) is 17.6 Å². The van der Waals surface area contributed by atoms with Crippen molar-refractivity contribution in [2.45, 2.75) is 44.3 Å². The number of carbonyl (C=O) groups excluding carboxylic acids is 2. The zero-order valence-electron chi connectivity index (χ0n) is 21.4. The third kappa shape index (κ3) is 7.10. The van der Waals surface area contributed by atoms with Gasteiger partial charge in [0.25, 0.3) is 5.91 Å². The van der Waals surface area contributed by atoms with Crippen LogP contribution in [0.15, 0.2) is 72.8 Å². The van der Waals surface area contributed by atoms with Gasteiger partial charge >= 0.3 is 12.2 Å². The summed E-state index contributed by atoms with van der Waals surface area (Å²) in [5.41, 5.74) is 2.52. The molecular formula is C30H31F3N4O2. The van der Waals surface area contributed by atoms with Gasteiger partial charge in [-0.2, -0.15) is 13.2 Å². The van der Waals surface area contributed by atoms with E-state index < -0.39 is 17.8 Å². The summed E-state index contributed by atoms with van der Waals surface area (Å²) in [6.45, 7) is 1.67. The number of benzene rings is 3. The number of anilines is 3. The predicted molar refractivity (Wildman–Crippen MR) is 146 cm³/mol. The van der Waals surface area contributed by atoms with Crippen molar-refractivity contribution in [3.63, 3.8) is 0 Å². The summed E-state index contributed by atoms with van der Waals surface area (Å²) >= 11 is 0. The van der Waals surface area contributed by atoms with E-state index in [1.165, 1.54) is 17.7 Å². The van der Waals surface area contributed by atoms with Crippen LogP contribution in [0.25, 0.3) is 0 Å². The number of piperidine rings is 1. The van der Waals surface area contributed by atoms with Gasteiger partial charge in [0.1, 0.15) is 0 Å². The van der Waals surface area contributed by atoms with E-state index in [9.17, 15) is 22.8 Å². The Bertz CT molecular complexity index is 1300. The van der Waals surface area contributed by atoms with Crippen LogP contribution in [-0.2, 0) is 12.6 Å². The molecule has 0 atom stereocenters. The first-order valence-electron chi connectivity index (χ1n) is 13.2. The summed E-state index contributed by atoms with van der Waals surface area (Å²) in [5, 5.41) is 8.27. The number of nitrogens with zero attached hydrogens (tertiary/aromatic N) is 1. The Morgan fingerprint density at radius 1 is 0.821 bits per heavy atom. The molecule has 9 heteroatoms. The third-order valence-corrected chi connectivity index (χ3v) is 7.20. The molecule has 6 nitrogen and oxygen atoms in total. The lowest BCUT2D eigenvalue weighted by molar-refractivity contribution is -0.137. The zero-order chi connectivity index (χ0) is 27.4. The van der Waals surface area contributed by atoms with Gasteiger partial charge < -0.3 is 20.9 Å². The Morgan fingerprint density at radius 2 is 1.46 bits per heavy atom. The van der Waals surface area contributed by atoms with Crippen LogP contribution in [0.2, 0.25) is 0 Å². The second kappa shape index (κ2) is 11.4. The van der Waals surface area contributed by atoms with E-state index in [0.29, 0.717) is 17.2 Å². The van der Waals surface area contributed by atoms with E-state index in [2.05, 4.69) is 45.1 Å². The van der Waals surface area contributed by atoms with Crippen LogP contribution in [-0.4, -0.2) is 31.1 Å².